The fourth-order valence-corrected chi connectivity index (χ4v) is 5.68. The van der Waals surface area contributed by atoms with Crippen molar-refractivity contribution in [3.8, 4) is 33.1 Å². The lowest BCUT2D eigenvalue weighted by molar-refractivity contribution is 0.102. The van der Waals surface area contributed by atoms with Gasteiger partial charge in [0.25, 0.3) is 0 Å². The van der Waals surface area contributed by atoms with Crippen molar-refractivity contribution >= 4 is 44.7 Å². The van der Waals surface area contributed by atoms with Crippen LogP contribution in [0.2, 0.25) is 0 Å². The summed E-state index contributed by atoms with van der Waals surface area (Å²) in [6, 6.07) is 11.8. The second-order valence-corrected chi connectivity index (χ2v) is 12.2. The Bertz CT molecular complexity index is 1860. The Labute approximate surface area is 234 Å². The fourth-order valence-electron chi connectivity index (χ4n) is 4.77. The van der Waals surface area contributed by atoms with Gasteiger partial charge in [0.2, 0.25) is 0 Å². The number of imidazole rings is 1. The minimum absolute atomic E-state index is 0.00504. The lowest BCUT2D eigenvalue weighted by Crippen LogP contribution is -2.25. The van der Waals surface area contributed by atoms with Gasteiger partial charge in [-0.3, -0.25) is 19.9 Å². The molecule has 0 bridgehead atoms. The Hall–Kier alpha value is -4.41. The summed E-state index contributed by atoms with van der Waals surface area (Å²) in [7, 11) is 0. The fraction of sp³-hybridized carbons (Fsp3) is 0.233. The van der Waals surface area contributed by atoms with Crippen molar-refractivity contribution in [1.29, 1.82) is 0 Å². The molecule has 0 saturated heterocycles. The number of carbonyl (C=O) groups excluding carboxylic acids is 1. The molecule has 0 aliphatic carbocycles. The topological polar surface area (TPSA) is 132 Å². The van der Waals surface area contributed by atoms with Crippen molar-refractivity contribution in [3.05, 3.63) is 66.1 Å². The van der Waals surface area contributed by atoms with Gasteiger partial charge in [-0.1, -0.05) is 26.8 Å². The molecule has 0 aliphatic heterocycles. The first-order valence-corrected chi connectivity index (χ1v) is 13.8. The first kappa shape index (κ1) is 25.8. The van der Waals surface area contributed by atoms with Gasteiger partial charge < -0.3 is 15.4 Å². The van der Waals surface area contributed by atoms with E-state index in [1.807, 2.05) is 30.3 Å². The smallest absolute Gasteiger partial charge is 0.169 e. The van der Waals surface area contributed by atoms with E-state index in [4.69, 9.17) is 4.98 Å². The number of thiophene rings is 1. The number of Topliss-reactive ketones (excluding diaryl/α,β-unsaturated/α-hetero) is 1. The molecule has 1 aromatic carbocycles. The molecule has 10 heteroatoms. The average molecular weight is 552 g/mol. The number of benzene rings is 1. The van der Waals surface area contributed by atoms with E-state index in [2.05, 4.69) is 57.3 Å². The maximum Gasteiger partial charge on any atom is 0.169 e. The minimum Gasteiger partial charge on any atom is -0.374 e. The largest absolute Gasteiger partial charge is 0.374 e. The van der Waals surface area contributed by atoms with E-state index in [0.717, 1.165) is 49.2 Å². The Kier molecular flexibility index (Phi) is 6.44. The molecule has 0 saturated carbocycles. The third-order valence-corrected chi connectivity index (χ3v) is 7.83. The van der Waals surface area contributed by atoms with Crippen LogP contribution in [0.5, 0.6) is 0 Å². The van der Waals surface area contributed by atoms with Gasteiger partial charge in [0.15, 0.2) is 11.6 Å². The summed E-state index contributed by atoms with van der Waals surface area (Å²) in [5, 5.41) is 22.2. The van der Waals surface area contributed by atoms with Crippen LogP contribution in [0.3, 0.4) is 0 Å². The minimum atomic E-state index is -0.671. The lowest BCUT2D eigenvalue weighted by atomic mass is 9.91. The predicted molar refractivity (Wildman–Crippen MR) is 159 cm³/mol. The second-order valence-electron chi connectivity index (χ2n) is 11.1. The molecule has 1 atom stereocenters. The maximum atomic E-state index is 11.8. The number of aromatic amines is 2. The molecule has 6 aromatic rings. The number of anilines is 1. The van der Waals surface area contributed by atoms with Crippen molar-refractivity contribution in [2.75, 3.05) is 5.32 Å². The van der Waals surface area contributed by atoms with Crippen molar-refractivity contribution in [2.45, 2.75) is 40.3 Å². The summed E-state index contributed by atoms with van der Waals surface area (Å²) >= 11 is 1.43. The van der Waals surface area contributed by atoms with Crippen molar-refractivity contribution in [2.24, 2.45) is 5.41 Å². The molecule has 0 fully saturated rings. The van der Waals surface area contributed by atoms with Gasteiger partial charge in [-0.2, -0.15) is 5.10 Å². The number of rotatable bonds is 7. The summed E-state index contributed by atoms with van der Waals surface area (Å²) in [5.41, 5.74) is 6.61. The normalized spacial score (nSPS) is 12.7. The Morgan fingerprint density at radius 3 is 2.62 bits per heavy atom. The molecule has 202 valence electrons. The number of aliphatic hydroxyl groups is 1. The van der Waals surface area contributed by atoms with E-state index in [9.17, 15) is 9.90 Å². The number of fused-ring (bicyclic) bond motifs is 2. The van der Waals surface area contributed by atoms with Crippen molar-refractivity contribution in [1.82, 2.24) is 30.1 Å². The molecule has 0 amide bonds. The zero-order valence-corrected chi connectivity index (χ0v) is 23.4. The molecule has 0 spiro atoms. The molecule has 40 heavy (non-hydrogen) atoms. The monoisotopic (exact) mass is 551 g/mol. The molecule has 5 aromatic heterocycles. The third-order valence-electron chi connectivity index (χ3n) is 6.61. The lowest BCUT2D eigenvalue weighted by Gasteiger charge is -2.23. The van der Waals surface area contributed by atoms with Crippen LogP contribution in [-0.2, 0) is 0 Å². The third kappa shape index (κ3) is 5.11. The summed E-state index contributed by atoms with van der Waals surface area (Å²) in [5.74, 6) is 0.658. The molecule has 4 N–H and O–H groups in total. The predicted octanol–water partition coefficient (Wildman–Crippen LogP) is 6.66. The summed E-state index contributed by atoms with van der Waals surface area (Å²) in [6.45, 7) is 7.85. The van der Waals surface area contributed by atoms with Crippen LogP contribution in [0.4, 0.5) is 5.69 Å². The van der Waals surface area contributed by atoms with E-state index in [-0.39, 0.29) is 11.2 Å². The molecule has 9 nitrogen and oxygen atoms in total. The highest BCUT2D eigenvalue weighted by Crippen LogP contribution is 2.35. The number of carbonyl (C=O) groups is 1. The molecule has 0 radical (unpaired) electrons. The standard InChI is InChI=1S/C30H29N7O2S/c1-16(38)24-7-8-25(40-24)21-14-32-15-23-27(21)35-29(34-23)28-20-10-17(5-6-22(20)36-37-28)18-9-19(13-31-12-18)33-26(39)11-30(2,3)4/h5-10,12-15,26,33,39H,11H2,1-4H3,(H,34,35)(H,36,37). The first-order valence-electron chi connectivity index (χ1n) is 13.0. The number of ketones is 1. The van der Waals surface area contributed by atoms with Gasteiger partial charge in [-0.05, 0) is 54.7 Å². The summed E-state index contributed by atoms with van der Waals surface area (Å²) in [4.78, 5) is 30.5. The molecule has 1 unspecified atom stereocenters. The number of hydrogen-bond donors (Lipinski definition) is 4. The number of nitrogens with zero attached hydrogens (tertiary/aromatic N) is 4. The van der Waals surface area contributed by atoms with Gasteiger partial charge in [-0.25, -0.2) is 4.98 Å². The maximum absolute atomic E-state index is 11.8. The Morgan fingerprint density at radius 2 is 1.85 bits per heavy atom. The van der Waals surface area contributed by atoms with Crippen molar-refractivity contribution in [3.63, 3.8) is 0 Å². The number of pyridine rings is 2. The van der Waals surface area contributed by atoms with E-state index in [0.29, 0.717) is 22.8 Å². The summed E-state index contributed by atoms with van der Waals surface area (Å²) in [6.07, 6.45) is 6.97. The zero-order valence-electron chi connectivity index (χ0n) is 22.6. The van der Waals surface area contributed by atoms with Crippen LogP contribution in [0.1, 0.15) is 43.8 Å². The van der Waals surface area contributed by atoms with E-state index < -0.39 is 6.23 Å². The number of aliphatic hydroxyl groups excluding tert-OH is 1. The van der Waals surface area contributed by atoms with E-state index in [1.165, 1.54) is 11.3 Å². The number of aromatic nitrogens is 6. The molecular weight excluding hydrogens is 522 g/mol. The molecular formula is C30H29N7O2S. The van der Waals surface area contributed by atoms with Gasteiger partial charge >= 0.3 is 0 Å². The second kappa shape index (κ2) is 9.96. The van der Waals surface area contributed by atoms with Crippen LogP contribution in [-0.4, -0.2) is 47.3 Å². The Morgan fingerprint density at radius 1 is 1.02 bits per heavy atom. The Balaban J connectivity index is 1.35. The van der Waals surface area contributed by atoms with Crippen LogP contribution in [0.15, 0.2) is 61.2 Å². The average Bonchev–Trinajstić information content (AvgIpc) is 3.65. The van der Waals surface area contributed by atoms with Crippen LogP contribution >= 0.6 is 11.3 Å². The molecule has 0 aliphatic rings. The van der Waals surface area contributed by atoms with Crippen LogP contribution in [0, 0.1) is 5.41 Å². The first-order chi connectivity index (χ1) is 19.1. The molecule has 5 heterocycles. The van der Waals surface area contributed by atoms with Gasteiger partial charge in [-0.15, -0.1) is 11.3 Å². The highest BCUT2D eigenvalue weighted by atomic mass is 32.1. The molecule has 6 rings (SSSR count). The SMILES string of the molecule is CC(=O)c1ccc(-c2cncc3[nH]c(-c4n[nH]c5ccc(-c6cncc(NC(O)CC(C)(C)C)c6)cc45)nc23)s1. The quantitative estimate of drug-likeness (QED) is 0.129. The van der Waals surface area contributed by atoms with Crippen molar-refractivity contribution < 1.29 is 9.90 Å². The highest BCUT2D eigenvalue weighted by molar-refractivity contribution is 7.17. The number of H-pyrrole nitrogens is 2. The number of nitrogens with one attached hydrogen (secondary N) is 3. The van der Waals surface area contributed by atoms with Gasteiger partial charge in [0.1, 0.15) is 17.4 Å². The highest BCUT2D eigenvalue weighted by Gasteiger charge is 2.19. The summed E-state index contributed by atoms with van der Waals surface area (Å²) < 4.78 is 0. The van der Waals surface area contributed by atoms with E-state index in [1.54, 1.807) is 31.7 Å². The van der Waals surface area contributed by atoms with Gasteiger partial charge in [0.05, 0.1) is 34.0 Å². The van der Waals surface area contributed by atoms with Gasteiger partial charge in [0, 0.05) is 33.8 Å². The van der Waals surface area contributed by atoms with E-state index >= 15 is 0 Å². The van der Waals surface area contributed by atoms with Crippen LogP contribution < -0.4 is 5.32 Å². The van der Waals surface area contributed by atoms with Crippen LogP contribution in [0.25, 0.3) is 55.0 Å². The zero-order chi connectivity index (χ0) is 28.0. The number of hydrogen-bond acceptors (Lipinski definition) is 8.